The van der Waals surface area contributed by atoms with Gasteiger partial charge in [0.15, 0.2) is 17.6 Å². The highest BCUT2D eigenvalue weighted by atomic mass is 19.2. The Hall–Kier alpha value is -1.89. The summed E-state index contributed by atoms with van der Waals surface area (Å²) >= 11 is 0. The Bertz CT molecular complexity index is 582. The number of hydrogen-bond acceptors (Lipinski definition) is 3. The first kappa shape index (κ1) is 16.0. The molecule has 2 fully saturated rings. The zero-order chi connectivity index (χ0) is 16.2. The van der Waals surface area contributed by atoms with Crippen molar-refractivity contribution in [3.05, 3.63) is 29.8 Å². The van der Waals surface area contributed by atoms with Crippen LogP contribution in [0.5, 0.6) is 5.75 Å². The van der Waals surface area contributed by atoms with Gasteiger partial charge in [-0.05, 0) is 31.4 Å². The van der Waals surface area contributed by atoms with E-state index in [-0.39, 0.29) is 6.10 Å². The lowest BCUT2D eigenvalue weighted by molar-refractivity contribution is 0.0992. The van der Waals surface area contributed by atoms with Crippen LogP contribution in [-0.4, -0.2) is 44.4 Å². The van der Waals surface area contributed by atoms with Crippen LogP contribution in [0.3, 0.4) is 0 Å². The number of aliphatic imine (C=N–C) groups is 1. The maximum Gasteiger partial charge on any atom is 0.191 e. The van der Waals surface area contributed by atoms with Crippen molar-refractivity contribution in [1.82, 2.24) is 10.6 Å². The molecule has 2 saturated heterocycles. The topological polar surface area (TPSA) is 54.9 Å². The van der Waals surface area contributed by atoms with Gasteiger partial charge in [0.2, 0.25) is 0 Å². The summed E-state index contributed by atoms with van der Waals surface area (Å²) in [4.78, 5) is 4.18. The SMILES string of the molecule is CN=C(NCCOc1ccc(F)c(F)c1)NC1CC2CCC1O2. The van der Waals surface area contributed by atoms with Crippen molar-refractivity contribution in [3.63, 3.8) is 0 Å². The molecule has 0 saturated carbocycles. The Morgan fingerprint density at radius 1 is 1.35 bits per heavy atom. The third-order valence-electron chi connectivity index (χ3n) is 4.21. The molecule has 0 spiro atoms. The van der Waals surface area contributed by atoms with Crippen molar-refractivity contribution >= 4 is 5.96 Å². The van der Waals surface area contributed by atoms with Gasteiger partial charge in [0.1, 0.15) is 12.4 Å². The first-order valence-electron chi connectivity index (χ1n) is 7.86. The summed E-state index contributed by atoms with van der Waals surface area (Å²) < 4.78 is 37.1. The van der Waals surface area contributed by atoms with Crippen molar-refractivity contribution in [2.24, 2.45) is 4.99 Å². The number of ether oxygens (including phenoxy) is 2. The molecular formula is C16H21F2N3O2. The minimum atomic E-state index is -0.913. The highest BCUT2D eigenvalue weighted by Crippen LogP contribution is 2.34. The minimum Gasteiger partial charge on any atom is -0.492 e. The Morgan fingerprint density at radius 3 is 2.87 bits per heavy atom. The van der Waals surface area contributed by atoms with E-state index < -0.39 is 11.6 Å². The Balaban J connectivity index is 1.39. The number of benzene rings is 1. The summed E-state index contributed by atoms with van der Waals surface area (Å²) in [6.45, 7) is 0.819. The van der Waals surface area contributed by atoms with E-state index >= 15 is 0 Å². The van der Waals surface area contributed by atoms with Crippen LogP contribution in [0, 0.1) is 11.6 Å². The zero-order valence-electron chi connectivity index (χ0n) is 13.0. The first-order chi connectivity index (χ1) is 11.2. The van der Waals surface area contributed by atoms with E-state index in [0.717, 1.165) is 31.4 Å². The molecule has 126 valence electrons. The summed E-state index contributed by atoms with van der Waals surface area (Å²) in [7, 11) is 1.71. The highest BCUT2D eigenvalue weighted by molar-refractivity contribution is 5.80. The molecule has 0 amide bonds. The van der Waals surface area contributed by atoms with Gasteiger partial charge in [-0.1, -0.05) is 0 Å². The van der Waals surface area contributed by atoms with E-state index in [9.17, 15) is 8.78 Å². The van der Waals surface area contributed by atoms with Crippen molar-refractivity contribution in [3.8, 4) is 5.75 Å². The highest BCUT2D eigenvalue weighted by Gasteiger charge is 2.41. The summed E-state index contributed by atoms with van der Waals surface area (Å²) in [6.07, 6.45) is 3.91. The number of hydrogen-bond donors (Lipinski definition) is 2. The number of nitrogens with zero attached hydrogens (tertiary/aromatic N) is 1. The van der Waals surface area contributed by atoms with Crippen molar-refractivity contribution in [2.75, 3.05) is 20.2 Å². The Morgan fingerprint density at radius 2 is 2.22 bits per heavy atom. The Kier molecular flexibility index (Phi) is 4.95. The molecule has 1 aromatic rings. The minimum absolute atomic E-state index is 0.275. The molecule has 1 aromatic carbocycles. The molecule has 2 bridgehead atoms. The van der Waals surface area contributed by atoms with Gasteiger partial charge >= 0.3 is 0 Å². The third-order valence-corrected chi connectivity index (χ3v) is 4.21. The molecule has 3 atom stereocenters. The van der Waals surface area contributed by atoms with Gasteiger partial charge in [0, 0.05) is 13.1 Å². The van der Waals surface area contributed by atoms with Gasteiger partial charge in [-0.15, -0.1) is 0 Å². The first-order valence-corrected chi connectivity index (χ1v) is 7.86. The van der Waals surface area contributed by atoms with Crippen LogP contribution in [0.15, 0.2) is 23.2 Å². The van der Waals surface area contributed by atoms with Gasteiger partial charge in [-0.2, -0.15) is 0 Å². The van der Waals surface area contributed by atoms with Crippen molar-refractivity contribution < 1.29 is 18.3 Å². The van der Waals surface area contributed by atoms with Crippen LogP contribution >= 0.6 is 0 Å². The average Bonchev–Trinajstić information content (AvgIpc) is 3.16. The molecule has 3 unspecified atom stereocenters. The fourth-order valence-corrected chi connectivity index (χ4v) is 3.06. The average molecular weight is 325 g/mol. The third kappa shape index (κ3) is 3.90. The normalized spacial score (nSPS) is 26.4. The smallest absolute Gasteiger partial charge is 0.191 e. The Labute approximate surface area is 134 Å². The van der Waals surface area contributed by atoms with E-state index in [0.29, 0.717) is 37.0 Å². The standard InChI is InChI=1S/C16H21F2N3O2/c1-19-16(21-14-9-11-3-5-15(14)23-11)20-6-7-22-10-2-4-12(17)13(18)8-10/h2,4,8,11,14-15H,3,5-7,9H2,1H3,(H2,19,20,21). The van der Waals surface area contributed by atoms with Crippen LogP contribution in [0.25, 0.3) is 0 Å². The summed E-state index contributed by atoms with van der Waals surface area (Å²) in [5, 5.41) is 6.50. The van der Waals surface area contributed by atoms with Gasteiger partial charge in [-0.25, -0.2) is 8.78 Å². The van der Waals surface area contributed by atoms with Crippen LogP contribution in [0.1, 0.15) is 19.3 Å². The lowest BCUT2D eigenvalue weighted by atomic mass is 9.96. The number of rotatable bonds is 5. The van der Waals surface area contributed by atoms with E-state index in [1.807, 2.05) is 0 Å². The van der Waals surface area contributed by atoms with Crippen molar-refractivity contribution in [2.45, 2.75) is 37.5 Å². The maximum atomic E-state index is 13.1. The lowest BCUT2D eigenvalue weighted by Crippen LogP contribution is -2.48. The van der Waals surface area contributed by atoms with Gasteiger partial charge in [0.25, 0.3) is 0 Å². The second kappa shape index (κ2) is 7.12. The summed E-state index contributed by atoms with van der Waals surface area (Å²) in [5.74, 6) is -0.799. The van der Waals surface area contributed by atoms with Gasteiger partial charge in [0.05, 0.1) is 24.8 Å². The van der Waals surface area contributed by atoms with Crippen LogP contribution < -0.4 is 15.4 Å². The molecule has 0 aromatic heterocycles. The molecule has 7 heteroatoms. The van der Waals surface area contributed by atoms with Crippen LogP contribution in [0.4, 0.5) is 8.78 Å². The quantitative estimate of drug-likeness (QED) is 0.493. The molecule has 2 heterocycles. The molecule has 0 aliphatic carbocycles. The van der Waals surface area contributed by atoms with E-state index in [1.54, 1.807) is 7.05 Å². The maximum absolute atomic E-state index is 13.1. The second-order valence-electron chi connectivity index (χ2n) is 5.78. The molecular weight excluding hydrogens is 304 g/mol. The number of nitrogens with one attached hydrogen (secondary N) is 2. The second-order valence-corrected chi connectivity index (χ2v) is 5.78. The van der Waals surface area contributed by atoms with E-state index in [2.05, 4.69) is 15.6 Å². The predicted octanol–water partition coefficient (Wildman–Crippen LogP) is 1.83. The van der Waals surface area contributed by atoms with Crippen LogP contribution in [0.2, 0.25) is 0 Å². The molecule has 2 N–H and O–H groups in total. The van der Waals surface area contributed by atoms with E-state index in [4.69, 9.17) is 9.47 Å². The monoisotopic (exact) mass is 325 g/mol. The molecule has 5 nitrogen and oxygen atoms in total. The molecule has 0 radical (unpaired) electrons. The molecule has 2 aliphatic rings. The fraction of sp³-hybridized carbons (Fsp3) is 0.562. The lowest BCUT2D eigenvalue weighted by Gasteiger charge is -2.22. The summed E-state index contributed by atoms with van der Waals surface area (Å²) in [5.41, 5.74) is 0. The van der Waals surface area contributed by atoms with Gasteiger partial charge < -0.3 is 20.1 Å². The molecule has 2 aliphatic heterocycles. The number of guanidine groups is 1. The number of halogens is 2. The van der Waals surface area contributed by atoms with Crippen LogP contribution in [-0.2, 0) is 4.74 Å². The number of fused-ring (bicyclic) bond motifs is 2. The van der Waals surface area contributed by atoms with Crippen molar-refractivity contribution in [1.29, 1.82) is 0 Å². The van der Waals surface area contributed by atoms with E-state index in [1.165, 1.54) is 6.07 Å². The molecule has 3 rings (SSSR count). The summed E-state index contributed by atoms with van der Waals surface area (Å²) in [6, 6.07) is 3.79. The largest absolute Gasteiger partial charge is 0.492 e. The zero-order valence-corrected chi connectivity index (χ0v) is 13.0. The molecule has 23 heavy (non-hydrogen) atoms. The predicted molar refractivity (Wildman–Crippen MR) is 82.7 cm³/mol. The van der Waals surface area contributed by atoms with Gasteiger partial charge in [-0.3, -0.25) is 4.99 Å². The fourth-order valence-electron chi connectivity index (χ4n) is 3.06.